The molecule has 0 spiro atoms. The number of likely N-dealkylation sites (N-methyl/N-ethyl adjacent to an activating group) is 1. The average molecular weight is 1020 g/mol. The van der Waals surface area contributed by atoms with Crippen LogP contribution in [-0.4, -0.2) is 180 Å². The summed E-state index contributed by atoms with van der Waals surface area (Å²) in [5, 5.41) is 33.9. The molecule has 3 fully saturated rings. The number of benzene rings is 1. The van der Waals surface area contributed by atoms with Crippen LogP contribution in [0.2, 0.25) is 0 Å². The average Bonchev–Trinajstić information content (AvgIpc) is 3.70. The molecule has 1 aromatic carbocycles. The fraction of sp³-hybridized carbons (Fsp3) is 0.646. The van der Waals surface area contributed by atoms with Crippen molar-refractivity contribution in [2.24, 2.45) is 11.8 Å². The Hall–Kier alpha value is -5.18. The minimum absolute atomic E-state index is 0.0134. The number of carbonyl (C=O) groups is 4. The molecule has 0 bridgehead atoms. The number of rotatable bonds is 26. The van der Waals surface area contributed by atoms with Gasteiger partial charge in [0.15, 0.2) is 11.5 Å². The summed E-state index contributed by atoms with van der Waals surface area (Å²) in [6, 6.07) is 7.20. The van der Waals surface area contributed by atoms with Gasteiger partial charge in [0.25, 0.3) is 5.91 Å². The molecule has 3 aromatic rings. The number of nitrogens with one attached hydrogen (secondary N) is 4. The lowest BCUT2D eigenvalue weighted by atomic mass is 9.90. The van der Waals surface area contributed by atoms with E-state index < -0.39 is 48.2 Å². The molecule has 2 saturated heterocycles. The van der Waals surface area contributed by atoms with E-state index >= 15 is 0 Å². The quantitative estimate of drug-likeness (QED) is 0.0292. The second kappa shape index (κ2) is 28.3. The first-order chi connectivity index (χ1) is 34.7. The number of nitrogens with zero attached hydrogens (tertiary/aromatic N) is 6. The Morgan fingerprint density at radius 2 is 1.62 bits per heavy atom. The van der Waals surface area contributed by atoms with Gasteiger partial charge in [-0.25, -0.2) is 4.98 Å². The van der Waals surface area contributed by atoms with Crippen LogP contribution in [0.5, 0.6) is 0 Å². The van der Waals surface area contributed by atoms with Crippen LogP contribution in [0.15, 0.2) is 48.9 Å². The molecule has 0 unspecified atom stereocenters. The van der Waals surface area contributed by atoms with Gasteiger partial charge in [-0.1, -0.05) is 37.8 Å². The highest BCUT2D eigenvalue weighted by Gasteiger charge is 2.40. The summed E-state index contributed by atoms with van der Waals surface area (Å²) in [5.41, 5.74) is 3.14. The molecule has 1 aliphatic carbocycles. The largest absolute Gasteiger partial charge is 0.434 e. The molecule has 1 saturated carbocycles. The van der Waals surface area contributed by atoms with Gasteiger partial charge in [-0.15, -0.1) is 0 Å². The first kappa shape index (κ1) is 56.1. The van der Waals surface area contributed by atoms with Crippen molar-refractivity contribution in [3.63, 3.8) is 0 Å². The van der Waals surface area contributed by atoms with E-state index in [1.807, 2.05) is 31.0 Å². The minimum Gasteiger partial charge on any atom is -0.388 e. The third kappa shape index (κ3) is 17.2. The predicted molar refractivity (Wildman–Crippen MR) is 254 cm³/mol. The van der Waals surface area contributed by atoms with Crippen molar-refractivity contribution in [3.8, 4) is 0 Å². The summed E-state index contributed by atoms with van der Waals surface area (Å²) in [7, 11) is 2.00. The molecule has 24 heteroatoms. The van der Waals surface area contributed by atoms with Gasteiger partial charge in [0.1, 0.15) is 49.2 Å². The van der Waals surface area contributed by atoms with E-state index in [1.54, 1.807) is 29.1 Å². The number of aryl methyl sites for hydroxylation is 1. The Balaban J connectivity index is 0.880. The van der Waals surface area contributed by atoms with Crippen molar-refractivity contribution in [3.05, 3.63) is 65.9 Å². The van der Waals surface area contributed by atoms with Crippen LogP contribution >= 0.6 is 0 Å². The van der Waals surface area contributed by atoms with Crippen molar-refractivity contribution in [2.75, 3.05) is 96.8 Å². The van der Waals surface area contributed by atoms with Gasteiger partial charge in [-0.2, -0.15) is 23.8 Å². The van der Waals surface area contributed by atoms with Gasteiger partial charge in [-0.3, -0.25) is 33.7 Å². The fourth-order valence-electron chi connectivity index (χ4n) is 8.88. The normalized spacial score (nSPS) is 21.1. The van der Waals surface area contributed by atoms with Gasteiger partial charge in [-0.05, 0) is 62.9 Å². The maximum absolute atomic E-state index is 13.9. The van der Waals surface area contributed by atoms with Crippen LogP contribution in [-0.2, 0) is 57.3 Å². The number of halogens is 3. The number of ether oxygens (including phenoxy) is 4. The van der Waals surface area contributed by atoms with Crippen molar-refractivity contribution in [2.45, 2.75) is 101 Å². The Morgan fingerprint density at radius 1 is 0.903 bits per heavy atom. The smallest absolute Gasteiger partial charge is 0.388 e. The zero-order valence-corrected chi connectivity index (χ0v) is 40.9. The van der Waals surface area contributed by atoms with E-state index in [9.17, 15) is 42.6 Å². The van der Waals surface area contributed by atoms with E-state index in [0.29, 0.717) is 43.6 Å². The van der Waals surface area contributed by atoms with Crippen molar-refractivity contribution < 1.29 is 66.3 Å². The van der Waals surface area contributed by atoms with Gasteiger partial charge in [0.2, 0.25) is 11.8 Å². The SMILES string of the molecule is CCn1nccc1C(=O)N[C@H](C(=O)Nc1ccc(C[C@H](CC(=O)COCCOCCONCOC[C@H]2OC[C@H](Nc3cncc(C(F)(F)F)n3)[C@@H](O)[C@H]2O)C(=O)N2CCN(C)CC2)cc1)C1CCCCCC1. The minimum atomic E-state index is -4.70. The Morgan fingerprint density at radius 3 is 2.35 bits per heavy atom. The zero-order chi connectivity index (χ0) is 51.5. The fourth-order valence-corrected chi connectivity index (χ4v) is 8.88. The van der Waals surface area contributed by atoms with E-state index in [1.165, 1.54) is 0 Å². The molecule has 3 amide bonds. The standard InChI is InChI=1S/C48H69F3N10O11/c1-3-61-38(14-15-53-61)45(65)58-42(33-8-6-4-5-7-9-33)46(66)55-35-12-10-32(11-13-35)24-34(47(67)60-18-16-59(2)17-19-60)25-36(62)28-69-21-20-68-22-23-72-54-31-70-30-39-44(64)43(63)37(29-71-39)56-41-27-52-26-40(57-41)48(49,50)51/h10-15,26-27,33-34,37,39,42-44,54,63-64H,3-9,16-25,28-31H2,1-2H3,(H,55,66)(H,56,57)(H,58,65)/t34-,37+,39-,42+,43-,44+/m1/s1. The number of hydrogen-bond donors (Lipinski definition) is 6. The van der Waals surface area contributed by atoms with Crippen molar-refractivity contribution in [1.29, 1.82) is 0 Å². The second-order valence-corrected chi connectivity index (χ2v) is 18.3. The van der Waals surface area contributed by atoms with Gasteiger partial charge < -0.3 is 54.9 Å². The first-order valence-electron chi connectivity index (χ1n) is 24.6. The molecular weight excluding hydrogens is 950 g/mol. The molecule has 2 aromatic heterocycles. The van der Waals surface area contributed by atoms with E-state index in [4.69, 9.17) is 23.8 Å². The number of Topliss-reactive ketones (excluding diaryl/α,β-unsaturated/α-hetero) is 1. The lowest BCUT2D eigenvalue weighted by Gasteiger charge is -2.37. The Labute approximate surface area is 416 Å². The molecule has 72 heavy (non-hydrogen) atoms. The second-order valence-electron chi connectivity index (χ2n) is 18.3. The maximum Gasteiger partial charge on any atom is 0.434 e. The maximum atomic E-state index is 13.9. The predicted octanol–water partition coefficient (Wildman–Crippen LogP) is 2.44. The van der Waals surface area contributed by atoms with E-state index in [-0.39, 0.29) is 94.6 Å². The number of aromatic nitrogens is 4. The molecule has 0 radical (unpaired) electrons. The summed E-state index contributed by atoms with van der Waals surface area (Å²) < 4.78 is 62.6. The number of ketones is 1. The number of aliphatic hydroxyl groups excluding tert-OH is 2. The van der Waals surface area contributed by atoms with Crippen LogP contribution < -0.4 is 21.4 Å². The number of hydroxylamine groups is 1. The third-order valence-electron chi connectivity index (χ3n) is 12.9. The van der Waals surface area contributed by atoms with Crippen LogP contribution in [0.1, 0.15) is 73.6 Å². The zero-order valence-electron chi connectivity index (χ0n) is 40.9. The first-order valence-corrected chi connectivity index (χ1v) is 24.6. The summed E-state index contributed by atoms with van der Waals surface area (Å²) in [4.78, 5) is 70.6. The van der Waals surface area contributed by atoms with Crippen molar-refractivity contribution in [1.82, 2.24) is 40.3 Å². The molecule has 6 atom stereocenters. The summed E-state index contributed by atoms with van der Waals surface area (Å²) in [5.74, 6) is -1.84. The lowest BCUT2D eigenvalue weighted by molar-refractivity contribution is -0.166. The highest BCUT2D eigenvalue weighted by molar-refractivity contribution is 6.00. The van der Waals surface area contributed by atoms with Gasteiger partial charge in [0.05, 0.1) is 58.1 Å². The van der Waals surface area contributed by atoms with Gasteiger partial charge >= 0.3 is 6.18 Å². The number of alkyl halides is 3. The molecule has 21 nitrogen and oxygen atoms in total. The topological polar surface area (TPSA) is 253 Å². The number of piperazine rings is 1. The summed E-state index contributed by atoms with van der Waals surface area (Å²) in [6.07, 6.45) is 0.907. The van der Waals surface area contributed by atoms with E-state index in [0.717, 1.165) is 63.4 Å². The number of carbonyl (C=O) groups excluding carboxylic acids is 4. The number of amides is 3. The molecular formula is C48H69F3N10O11. The number of aliphatic hydroxyl groups is 2. The highest BCUT2D eigenvalue weighted by atomic mass is 19.4. The monoisotopic (exact) mass is 1020 g/mol. The highest BCUT2D eigenvalue weighted by Crippen LogP contribution is 2.29. The van der Waals surface area contributed by atoms with Crippen molar-refractivity contribution >= 4 is 35.0 Å². The molecule has 6 rings (SSSR count). The number of hydrogen-bond acceptors (Lipinski definition) is 17. The molecule has 398 valence electrons. The lowest BCUT2D eigenvalue weighted by Crippen LogP contribution is -2.57. The Bertz CT molecular complexity index is 2160. The van der Waals surface area contributed by atoms with Crippen LogP contribution in [0.25, 0.3) is 0 Å². The summed E-state index contributed by atoms with van der Waals surface area (Å²) in [6.45, 7) is 5.02. The molecule has 3 aliphatic rings. The van der Waals surface area contributed by atoms with Crippen LogP contribution in [0.4, 0.5) is 24.7 Å². The van der Waals surface area contributed by atoms with Gasteiger partial charge in [0, 0.05) is 56.9 Å². The molecule has 4 heterocycles. The van der Waals surface area contributed by atoms with E-state index in [2.05, 4.69) is 41.4 Å². The third-order valence-corrected chi connectivity index (χ3v) is 12.9. The summed E-state index contributed by atoms with van der Waals surface area (Å²) >= 11 is 0. The van der Waals surface area contributed by atoms with Crippen LogP contribution in [0.3, 0.4) is 0 Å². The Kier molecular flexibility index (Phi) is 22.1. The van der Waals surface area contributed by atoms with Crippen LogP contribution in [0, 0.1) is 11.8 Å². The molecule has 2 aliphatic heterocycles. The molecule has 6 N–H and O–H groups in total. The number of anilines is 2.